The van der Waals surface area contributed by atoms with Gasteiger partial charge in [-0.3, -0.25) is 0 Å². The molecule has 16 heavy (non-hydrogen) atoms. The summed E-state index contributed by atoms with van der Waals surface area (Å²) >= 11 is 1.85. The number of likely N-dealkylation sites (N-methyl/N-ethyl adjacent to an activating group) is 1. The highest BCUT2D eigenvalue weighted by molar-refractivity contribution is 7.10. The number of aliphatic hydroxyl groups is 1. The van der Waals surface area contributed by atoms with Gasteiger partial charge in [-0.15, -0.1) is 11.3 Å². The van der Waals surface area contributed by atoms with E-state index in [1.807, 2.05) is 11.3 Å². The number of nitrogens with zero attached hydrogens (tertiary/aromatic N) is 1. The Morgan fingerprint density at radius 1 is 1.50 bits per heavy atom. The van der Waals surface area contributed by atoms with Crippen LogP contribution in [-0.4, -0.2) is 36.8 Å². The van der Waals surface area contributed by atoms with Crippen molar-refractivity contribution < 1.29 is 5.11 Å². The lowest BCUT2D eigenvalue weighted by Gasteiger charge is -2.21. The number of rotatable bonds is 6. The maximum atomic E-state index is 9.28. The Hall–Kier alpha value is -0.380. The van der Waals surface area contributed by atoms with Gasteiger partial charge in [-0.25, -0.2) is 0 Å². The molecule has 0 amide bonds. The molecule has 1 aromatic rings. The van der Waals surface area contributed by atoms with Gasteiger partial charge < -0.3 is 10.0 Å². The van der Waals surface area contributed by atoms with E-state index in [1.54, 1.807) is 0 Å². The zero-order valence-electron chi connectivity index (χ0n) is 10.2. The molecule has 0 spiro atoms. The van der Waals surface area contributed by atoms with Crippen LogP contribution in [0, 0.1) is 12.3 Å². The monoisotopic (exact) mass is 239 g/mol. The average Bonchev–Trinajstić information content (AvgIpc) is 2.92. The number of aliphatic hydroxyl groups excluding tert-OH is 1. The minimum absolute atomic E-state index is 0.249. The highest BCUT2D eigenvalue weighted by atomic mass is 32.1. The van der Waals surface area contributed by atoms with Crippen molar-refractivity contribution in [3.63, 3.8) is 0 Å². The van der Waals surface area contributed by atoms with Crippen molar-refractivity contribution in [3.05, 3.63) is 21.9 Å². The summed E-state index contributed by atoms with van der Waals surface area (Å²) in [6.45, 7) is 4.69. The third kappa shape index (κ3) is 2.84. The first-order valence-electron chi connectivity index (χ1n) is 5.98. The Morgan fingerprint density at radius 2 is 2.25 bits per heavy atom. The van der Waals surface area contributed by atoms with Gasteiger partial charge in [0.15, 0.2) is 0 Å². The molecule has 1 saturated carbocycles. The fourth-order valence-electron chi connectivity index (χ4n) is 2.15. The number of hydrogen-bond donors (Lipinski definition) is 1. The summed E-state index contributed by atoms with van der Waals surface area (Å²) in [5, 5.41) is 11.4. The van der Waals surface area contributed by atoms with E-state index in [1.165, 1.54) is 23.3 Å². The van der Waals surface area contributed by atoms with Gasteiger partial charge in [-0.2, -0.15) is 0 Å². The molecule has 0 radical (unpaired) electrons. The number of aryl methyl sites for hydroxylation is 1. The summed E-state index contributed by atoms with van der Waals surface area (Å²) in [5.41, 5.74) is 1.67. The molecule has 0 atom stereocenters. The third-order valence-corrected chi connectivity index (χ3v) is 4.67. The number of thiophene rings is 1. The highest BCUT2D eigenvalue weighted by Gasteiger charge is 2.42. The van der Waals surface area contributed by atoms with E-state index in [0.29, 0.717) is 6.61 Å². The molecule has 1 N–H and O–H groups in total. The van der Waals surface area contributed by atoms with Gasteiger partial charge in [0.05, 0.1) is 0 Å². The molecule has 1 aliphatic carbocycles. The van der Waals surface area contributed by atoms with Crippen molar-refractivity contribution in [2.45, 2.75) is 26.2 Å². The van der Waals surface area contributed by atoms with Gasteiger partial charge in [0.1, 0.15) is 0 Å². The highest BCUT2D eigenvalue weighted by Crippen LogP contribution is 2.45. The van der Waals surface area contributed by atoms with Crippen molar-refractivity contribution in [1.82, 2.24) is 4.90 Å². The van der Waals surface area contributed by atoms with Crippen LogP contribution in [0.4, 0.5) is 0 Å². The van der Waals surface area contributed by atoms with Gasteiger partial charge in [0.2, 0.25) is 0 Å². The first kappa shape index (κ1) is 12.1. The van der Waals surface area contributed by atoms with Crippen LogP contribution >= 0.6 is 11.3 Å². The Labute approximate surface area is 102 Å². The zero-order chi connectivity index (χ0) is 11.6. The second-order valence-electron chi connectivity index (χ2n) is 5.17. The fourth-order valence-corrected chi connectivity index (χ4v) is 3.05. The van der Waals surface area contributed by atoms with Crippen molar-refractivity contribution in [1.29, 1.82) is 0 Å². The lowest BCUT2D eigenvalue weighted by atomic mass is 10.1. The Kier molecular flexibility index (Phi) is 3.67. The van der Waals surface area contributed by atoms with Crippen LogP contribution in [0.3, 0.4) is 0 Å². The zero-order valence-corrected chi connectivity index (χ0v) is 11.0. The SMILES string of the molecule is Cc1ccsc1CCN(C)CC1(CO)CC1. The van der Waals surface area contributed by atoms with Crippen LogP contribution in [-0.2, 0) is 6.42 Å². The molecule has 1 aliphatic rings. The van der Waals surface area contributed by atoms with E-state index < -0.39 is 0 Å². The molecule has 0 bridgehead atoms. The Morgan fingerprint density at radius 3 is 2.75 bits per heavy atom. The molecule has 2 nitrogen and oxygen atoms in total. The van der Waals surface area contributed by atoms with Crippen molar-refractivity contribution in [2.75, 3.05) is 26.7 Å². The fraction of sp³-hybridized carbons (Fsp3) is 0.692. The lowest BCUT2D eigenvalue weighted by Crippen LogP contribution is -2.30. The van der Waals surface area contributed by atoms with Crippen LogP contribution in [0.15, 0.2) is 11.4 Å². The molecular weight excluding hydrogens is 218 g/mol. The van der Waals surface area contributed by atoms with E-state index in [-0.39, 0.29) is 5.41 Å². The van der Waals surface area contributed by atoms with Gasteiger partial charge in [-0.1, -0.05) is 0 Å². The van der Waals surface area contributed by atoms with Crippen molar-refractivity contribution >= 4 is 11.3 Å². The van der Waals surface area contributed by atoms with E-state index in [2.05, 4.69) is 30.3 Å². The quantitative estimate of drug-likeness (QED) is 0.823. The standard InChI is InChI=1S/C13H21NOS/c1-11-4-8-16-12(11)3-7-14(2)9-13(10-15)5-6-13/h4,8,15H,3,5-7,9-10H2,1-2H3. The van der Waals surface area contributed by atoms with Crippen LogP contribution in [0.2, 0.25) is 0 Å². The predicted molar refractivity (Wildman–Crippen MR) is 69.0 cm³/mol. The largest absolute Gasteiger partial charge is 0.396 e. The van der Waals surface area contributed by atoms with Crippen molar-refractivity contribution in [2.24, 2.45) is 5.41 Å². The van der Waals surface area contributed by atoms with Crippen LogP contribution in [0.25, 0.3) is 0 Å². The molecule has 1 heterocycles. The molecule has 2 rings (SSSR count). The van der Waals surface area contributed by atoms with Crippen molar-refractivity contribution in [3.8, 4) is 0 Å². The van der Waals surface area contributed by atoms with E-state index >= 15 is 0 Å². The molecule has 0 aliphatic heterocycles. The number of hydrogen-bond acceptors (Lipinski definition) is 3. The van der Waals surface area contributed by atoms with E-state index in [0.717, 1.165) is 19.5 Å². The first-order chi connectivity index (χ1) is 7.65. The first-order valence-corrected chi connectivity index (χ1v) is 6.86. The predicted octanol–water partition coefficient (Wildman–Crippen LogP) is 2.30. The second kappa shape index (κ2) is 4.86. The van der Waals surface area contributed by atoms with Gasteiger partial charge in [0, 0.05) is 30.0 Å². The normalized spacial score (nSPS) is 18.0. The Bertz CT molecular complexity index is 343. The molecule has 1 aromatic heterocycles. The summed E-state index contributed by atoms with van der Waals surface area (Å²) in [6.07, 6.45) is 3.54. The smallest absolute Gasteiger partial charge is 0.0499 e. The van der Waals surface area contributed by atoms with E-state index in [9.17, 15) is 5.11 Å². The molecule has 0 saturated heterocycles. The maximum Gasteiger partial charge on any atom is 0.0499 e. The summed E-state index contributed by atoms with van der Waals surface area (Å²) in [6, 6.07) is 2.19. The molecule has 1 fully saturated rings. The molecule has 90 valence electrons. The van der Waals surface area contributed by atoms with Gasteiger partial charge in [-0.05, 0) is 50.2 Å². The molecule has 3 heteroatoms. The third-order valence-electron chi connectivity index (χ3n) is 3.59. The second-order valence-corrected chi connectivity index (χ2v) is 6.17. The minimum Gasteiger partial charge on any atom is -0.396 e. The van der Waals surface area contributed by atoms with E-state index in [4.69, 9.17) is 0 Å². The topological polar surface area (TPSA) is 23.5 Å². The summed E-state index contributed by atoms with van der Waals surface area (Å²) in [4.78, 5) is 3.86. The maximum absolute atomic E-state index is 9.28. The van der Waals surface area contributed by atoms with Crippen LogP contribution in [0.1, 0.15) is 23.3 Å². The van der Waals surface area contributed by atoms with Gasteiger partial charge >= 0.3 is 0 Å². The van der Waals surface area contributed by atoms with Gasteiger partial charge in [0.25, 0.3) is 0 Å². The molecule has 0 aromatic carbocycles. The van der Waals surface area contributed by atoms with Crippen LogP contribution < -0.4 is 0 Å². The summed E-state index contributed by atoms with van der Waals surface area (Å²) in [5.74, 6) is 0. The molecule has 0 unspecified atom stereocenters. The average molecular weight is 239 g/mol. The minimum atomic E-state index is 0.249. The summed E-state index contributed by atoms with van der Waals surface area (Å²) < 4.78 is 0. The lowest BCUT2D eigenvalue weighted by molar-refractivity contribution is 0.165. The summed E-state index contributed by atoms with van der Waals surface area (Å²) in [7, 11) is 2.17. The molecular formula is C13H21NOS. The van der Waals surface area contributed by atoms with Crippen LogP contribution in [0.5, 0.6) is 0 Å². The Balaban J connectivity index is 1.76.